The van der Waals surface area contributed by atoms with E-state index in [0.717, 1.165) is 24.6 Å². The van der Waals surface area contributed by atoms with E-state index in [1.165, 1.54) is 19.3 Å². The topological polar surface area (TPSA) is 49.0 Å². The van der Waals surface area contributed by atoms with Gasteiger partial charge in [0.1, 0.15) is 5.82 Å². The molecular formula is C14H23N3O. The van der Waals surface area contributed by atoms with Crippen molar-refractivity contribution >= 4 is 0 Å². The van der Waals surface area contributed by atoms with Crippen LogP contribution in [0.15, 0.2) is 10.9 Å². The normalized spacial score (nSPS) is 21.4. The third-order valence-corrected chi connectivity index (χ3v) is 3.67. The summed E-state index contributed by atoms with van der Waals surface area (Å²) >= 11 is 0. The van der Waals surface area contributed by atoms with Gasteiger partial charge < -0.3 is 4.98 Å². The number of aromatic amines is 1. The van der Waals surface area contributed by atoms with Crippen molar-refractivity contribution < 1.29 is 0 Å². The first-order chi connectivity index (χ1) is 8.56. The summed E-state index contributed by atoms with van der Waals surface area (Å²) in [7, 11) is 0. The fraction of sp³-hybridized carbons (Fsp3) is 0.714. The molecule has 2 rings (SSSR count). The fourth-order valence-electron chi connectivity index (χ4n) is 2.48. The first-order valence-corrected chi connectivity index (χ1v) is 6.90. The van der Waals surface area contributed by atoms with E-state index >= 15 is 0 Å². The average molecular weight is 249 g/mol. The van der Waals surface area contributed by atoms with Crippen LogP contribution in [0.25, 0.3) is 0 Å². The molecule has 1 atom stereocenters. The van der Waals surface area contributed by atoms with E-state index in [4.69, 9.17) is 0 Å². The van der Waals surface area contributed by atoms with E-state index in [2.05, 4.69) is 21.8 Å². The molecule has 0 saturated carbocycles. The number of nitrogens with one attached hydrogen (secondary N) is 1. The molecule has 0 aliphatic carbocycles. The highest BCUT2D eigenvalue weighted by atomic mass is 16.1. The lowest BCUT2D eigenvalue weighted by molar-refractivity contribution is 0.150. The molecule has 1 aromatic heterocycles. The van der Waals surface area contributed by atoms with Gasteiger partial charge in [-0.1, -0.05) is 20.3 Å². The standard InChI is InChI=1S/C14H23N3O/c1-10(2)14-15-12(8-13(18)16-14)9-17-7-5-4-6-11(17)3/h8,10-11H,4-7,9H2,1-3H3,(H,15,16,18). The van der Waals surface area contributed by atoms with Crippen molar-refractivity contribution in [1.29, 1.82) is 0 Å². The second-order valence-electron chi connectivity index (χ2n) is 5.59. The smallest absolute Gasteiger partial charge is 0.251 e. The Bertz CT molecular complexity index is 453. The van der Waals surface area contributed by atoms with Crippen LogP contribution in [0.2, 0.25) is 0 Å². The number of hydrogen-bond donors (Lipinski definition) is 1. The number of nitrogens with zero attached hydrogens (tertiary/aromatic N) is 2. The van der Waals surface area contributed by atoms with Crippen LogP contribution in [-0.4, -0.2) is 27.5 Å². The zero-order valence-corrected chi connectivity index (χ0v) is 11.6. The van der Waals surface area contributed by atoms with Crippen LogP contribution < -0.4 is 5.56 Å². The van der Waals surface area contributed by atoms with Gasteiger partial charge in [0.2, 0.25) is 0 Å². The summed E-state index contributed by atoms with van der Waals surface area (Å²) in [4.78, 5) is 21.4. The molecule has 1 unspecified atom stereocenters. The highest BCUT2D eigenvalue weighted by Crippen LogP contribution is 2.18. The molecule has 0 spiro atoms. The Balaban J connectivity index is 2.15. The van der Waals surface area contributed by atoms with E-state index in [9.17, 15) is 4.79 Å². The Morgan fingerprint density at radius 2 is 2.28 bits per heavy atom. The molecule has 100 valence electrons. The van der Waals surface area contributed by atoms with E-state index in [-0.39, 0.29) is 11.5 Å². The minimum atomic E-state index is -0.0339. The molecular weight excluding hydrogens is 226 g/mol. The van der Waals surface area contributed by atoms with Crippen LogP contribution >= 0.6 is 0 Å². The van der Waals surface area contributed by atoms with Crippen molar-refractivity contribution in [3.63, 3.8) is 0 Å². The highest BCUT2D eigenvalue weighted by molar-refractivity contribution is 5.05. The van der Waals surface area contributed by atoms with E-state index in [0.29, 0.717) is 6.04 Å². The molecule has 18 heavy (non-hydrogen) atoms. The van der Waals surface area contributed by atoms with Crippen molar-refractivity contribution in [3.8, 4) is 0 Å². The summed E-state index contributed by atoms with van der Waals surface area (Å²) in [6, 6.07) is 2.23. The van der Waals surface area contributed by atoms with Gasteiger partial charge in [-0.25, -0.2) is 4.98 Å². The molecule has 0 aromatic carbocycles. The first kappa shape index (κ1) is 13.3. The van der Waals surface area contributed by atoms with Gasteiger partial charge >= 0.3 is 0 Å². The summed E-state index contributed by atoms with van der Waals surface area (Å²) in [6.07, 6.45) is 3.82. The molecule has 4 nitrogen and oxygen atoms in total. The van der Waals surface area contributed by atoms with E-state index < -0.39 is 0 Å². The van der Waals surface area contributed by atoms with Crippen LogP contribution in [0.1, 0.15) is 57.5 Å². The largest absolute Gasteiger partial charge is 0.310 e. The zero-order chi connectivity index (χ0) is 13.1. The van der Waals surface area contributed by atoms with Gasteiger partial charge in [0.05, 0.1) is 5.69 Å². The molecule has 1 fully saturated rings. The summed E-state index contributed by atoms with van der Waals surface area (Å²) in [6.45, 7) is 8.27. The predicted molar refractivity (Wildman–Crippen MR) is 72.7 cm³/mol. The minimum absolute atomic E-state index is 0.0339. The molecule has 1 aromatic rings. The van der Waals surface area contributed by atoms with Gasteiger partial charge in [-0.2, -0.15) is 0 Å². The van der Waals surface area contributed by atoms with E-state index in [1.807, 2.05) is 13.8 Å². The summed E-state index contributed by atoms with van der Waals surface area (Å²) in [5.41, 5.74) is 0.865. The lowest BCUT2D eigenvalue weighted by Gasteiger charge is -2.32. The number of likely N-dealkylation sites (tertiary alicyclic amines) is 1. The van der Waals surface area contributed by atoms with Crippen molar-refractivity contribution in [2.45, 2.75) is 58.5 Å². The Morgan fingerprint density at radius 1 is 1.50 bits per heavy atom. The van der Waals surface area contributed by atoms with Crippen LogP contribution in [0.5, 0.6) is 0 Å². The molecule has 1 aliphatic heterocycles. The fourth-order valence-corrected chi connectivity index (χ4v) is 2.48. The average Bonchev–Trinajstić information content (AvgIpc) is 2.31. The van der Waals surface area contributed by atoms with Crippen LogP contribution in [-0.2, 0) is 6.54 Å². The maximum atomic E-state index is 11.6. The quantitative estimate of drug-likeness (QED) is 0.894. The molecule has 4 heteroatoms. The molecule has 0 amide bonds. The Hall–Kier alpha value is -1.16. The SMILES string of the molecule is CC(C)c1nc(CN2CCCCC2C)cc(=O)[nH]1. The summed E-state index contributed by atoms with van der Waals surface area (Å²) in [5.74, 6) is 1.05. The van der Waals surface area contributed by atoms with Gasteiger partial charge in [-0.05, 0) is 26.3 Å². The number of piperidine rings is 1. The number of aromatic nitrogens is 2. The van der Waals surface area contributed by atoms with Crippen molar-refractivity contribution in [2.75, 3.05) is 6.54 Å². The van der Waals surface area contributed by atoms with Gasteiger partial charge in [0.15, 0.2) is 0 Å². The second-order valence-corrected chi connectivity index (χ2v) is 5.59. The predicted octanol–water partition coefficient (Wildman–Crippen LogP) is 2.27. The Labute approximate surface area is 108 Å². The van der Waals surface area contributed by atoms with Crippen LogP contribution in [0, 0.1) is 0 Å². The van der Waals surface area contributed by atoms with Gasteiger partial charge in [-0.15, -0.1) is 0 Å². The van der Waals surface area contributed by atoms with Crippen LogP contribution in [0.3, 0.4) is 0 Å². The monoisotopic (exact) mass is 249 g/mol. The Morgan fingerprint density at radius 3 is 2.94 bits per heavy atom. The maximum absolute atomic E-state index is 11.6. The zero-order valence-electron chi connectivity index (χ0n) is 11.6. The Kier molecular flexibility index (Phi) is 4.17. The van der Waals surface area contributed by atoms with E-state index in [1.54, 1.807) is 6.07 Å². The summed E-state index contributed by atoms with van der Waals surface area (Å²) < 4.78 is 0. The molecule has 0 radical (unpaired) electrons. The van der Waals surface area contributed by atoms with Gasteiger partial charge in [0, 0.05) is 24.6 Å². The van der Waals surface area contributed by atoms with Gasteiger partial charge in [-0.3, -0.25) is 9.69 Å². The third kappa shape index (κ3) is 3.19. The lowest BCUT2D eigenvalue weighted by atomic mass is 10.0. The second kappa shape index (κ2) is 5.65. The number of hydrogen-bond acceptors (Lipinski definition) is 3. The minimum Gasteiger partial charge on any atom is -0.310 e. The number of rotatable bonds is 3. The third-order valence-electron chi connectivity index (χ3n) is 3.67. The maximum Gasteiger partial charge on any atom is 0.251 e. The summed E-state index contributed by atoms with van der Waals surface area (Å²) in [5, 5.41) is 0. The molecule has 1 N–H and O–H groups in total. The van der Waals surface area contributed by atoms with Crippen LogP contribution in [0.4, 0.5) is 0 Å². The molecule has 1 aliphatic rings. The molecule has 2 heterocycles. The van der Waals surface area contributed by atoms with Crippen molar-refractivity contribution in [2.24, 2.45) is 0 Å². The van der Waals surface area contributed by atoms with Crippen molar-refractivity contribution in [3.05, 3.63) is 27.9 Å². The first-order valence-electron chi connectivity index (χ1n) is 6.90. The van der Waals surface area contributed by atoms with Crippen molar-refractivity contribution in [1.82, 2.24) is 14.9 Å². The van der Waals surface area contributed by atoms with Gasteiger partial charge in [0.25, 0.3) is 5.56 Å². The molecule has 0 bridgehead atoms. The highest BCUT2D eigenvalue weighted by Gasteiger charge is 2.19. The number of H-pyrrole nitrogens is 1. The molecule has 1 saturated heterocycles. The lowest BCUT2D eigenvalue weighted by Crippen LogP contribution is -2.37.